The van der Waals surface area contributed by atoms with E-state index in [0.29, 0.717) is 33.4 Å². The van der Waals surface area contributed by atoms with Gasteiger partial charge in [-0.3, -0.25) is 4.79 Å². The number of amides is 1. The van der Waals surface area contributed by atoms with Crippen LogP contribution >= 0.6 is 23.2 Å². The number of nitrogens with one attached hydrogen (secondary N) is 2. The standard InChI is InChI=1S/C18H20Cl2N4O/c1-11-9-16(17(25)22-13-7-8-14(19)15(20)10-13)24-18(21-11)23-12-5-3-2-4-6-12/h7-10,12H,2-6H2,1H3,(H,22,25)(H,21,23,24). The van der Waals surface area contributed by atoms with Crippen LogP contribution in [-0.4, -0.2) is 21.9 Å². The molecule has 2 N–H and O–H groups in total. The van der Waals surface area contributed by atoms with Gasteiger partial charge in [0.1, 0.15) is 5.69 Å². The second kappa shape index (κ2) is 8.02. The van der Waals surface area contributed by atoms with Crippen LogP contribution in [0.5, 0.6) is 0 Å². The average Bonchev–Trinajstić information content (AvgIpc) is 2.58. The number of nitrogens with zero attached hydrogens (tertiary/aromatic N) is 2. The minimum absolute atomic E-state index is 0.310. The minimum Gasteiger partial charge on any atom is -0.351 e. The van der Waals surface area contributed by atoms with Crippen molar-refractivity contribution in [1.82, 2.24) is 9.97 Å². The smallest absolute Gasteiger partial charge is 0.274 e. The summed E-state index contributed by atoms with van der Waals surface area (Å²) in [5.74, 6) is 0.196. The number of carbonyl (C=O) groups is 1. The first-order valence-corrected chi connectivity index (χ1v) is 9.15. The van der Waals surface area contributed by atoms with Crippen LogP contribution in [0.15, 0.2) is 24.3 Å². The number of hydrogen-bond acceptors (Lipinski definition) is 4. The summed E-state index contributed by atoms with van der Waals surface area (Å²) < 4.78 is 0. The highest BCUT2D eigenvalue weighted by Crippen LogP contribution is 2.25. The molecule has 0 radical (unpaired) electrons. The molecule has 25 heavy (non-hydrogen) atoms. The Morgan fingerprint density at radius 1 is 1.08 bits per heavy atom. The lowest BCUT2D eigenvalue weighted by Gasteiger charge is -2.23. The van der Waals surface area contributed by atoms with E-state index in [4.69, 9.17) is 23.2 Å². The van der Waals surface area contributed by atoms with Crippen LogP contribution in [0.1, 0.15) is 48.3 Å². The van der Waals surface area contributed by atoms with Gasteiger partial charge in [0.05, 0.1) is 10.0 Å². The van der Waals surface area contributed by atoms with Gasteiger partial charge in [0.15, 0.2) is 0 Å². The maximum atomic E-state index is 12.5. The molecule has 0 aliphatic heterocycles. The Morgan fingerprint density at radius 2 is 1.84 bits per heavy atom. The van der Waals surface area contributed by atoms with Crippen molar-refractivity contribution in [2.45, 2.75) is 45.1 Å². The first-order valence-electron chi connectivity index (χ1n) is 8.40. The average molecular weight is 379 g/mol. The number of rotatable bonds is 4. The van der Waals surface area contributed by atoms with Crippen molar-refractivity contribution in [3.8, 4) is 0 Å². The molecule has 132 valence electrons. The summed E-state index contributed by atoms with van der Waals surface area (Å²) >= 11 is 11.9. The predicted octanol–water partition coefficient (Wildman–Crippen LogP) is 5.09. The molecule has 1 aliphatic rings. The van der Waals surface area contributed by atoms with Crippen molar-refractivity contribution in [1.29, 1.82) is 0 Å². The van der Waals surface area contributed by atoms with Gasteiger partial charge in [0.25, 0.3) is 5.91 Å². The predicted molar refractivity (Wildman–Crippen MR) is 102 cm³/mol. The fourth-order valence-electron chi connectivity index (χ4n) is 2.95. The van der Waals surface area contributed by atoms with Gasteiger partial charge < -0.3 is 10.6 Å². The quantitative estimate of drug-likeness (QED) is 0.777. The highest BCUT2D eigenvalue weighted by molar-refractivity contribution is 6.42. The third-order valence-corrected chi connectivity index (χ3v) is 4.94. The lowest BCUT2D eigenvalue weighted by Crippen LogP contribution is -2.24. The van der Waals surface area contributed by atoms with E-state index in [-0.39, 0.29) is 5.91 Å². The molecule has 2 aromatic rings. The Bertz CT molecular complexity index is 776. The molecule has 1 saturated carbocycles. The molecule has 5 nitrogen and oxygen atoms in total. The molecular weight excluding hydrogens is 359 g/mol. The molecule has 0 unspecified atom stereocenters. The molecule has 7 heteroatoms. The van der Waals surface area contributed by atoms with Gasteiger partial charge in [-0.05, 0) is 44.0 Å². The van der Waals surface area contributed by atoms with Crippen molar-refractivity contribution in [2.75, 3.05) is 10.6 Å². The van der Waals surface area contributed by atoms with E-state index in [2.05, 4.69) is 20.6 Å². The van der Waals surface area contributed by atoms with Crippen LogP contribution in [0.4, 0.5) is 11.6 Å². The number of aromatic nitrogens is 2. The first-order chi connectivity index (χ1) is 12.0. The van der Waals surface area contributed by atoms with Gasteiger partial charge in [-0.2, -0.15) is 0 Å². The zero-order valence-electron chi connectivity index (χ0n) is 14.0. The number of halogens is 2. The molecule has 0 saturated heterocycles. The molecular formula is C18H20Cl2N4O. The van der Waals surface area contributed by atoms with Crippen molar-refractivity contribution in [3.05, 3.63) is 45.7 Å². The number of carbonyl (C=O) groups excluding carboxylic acids is 1. The topological polar surface area (TPSA) is 66.9 Å². The van der Waals surface area contributed by atoms with Crippen LogP contribution in [0.25, 0.3) is 0 Å². The van der Waals surface area contributed by atoms with E-state index in [0.717, 1.165) is 18.5 Å². The largest absolute Gasteiger partial charge is 0.351 e. The molecule has 0 spiro atoms. The second-order valence-electron chi connectivity index (χ2n) is 6.28. The fraction of sp³-hybridized carbons (Fsp3) is 0.389. The Balaban J connectivity index is 1.74. The highest BCUT2D eigenvalue weighted by Gasteiger charge is 2.16. The summed E-state index contributed by atoms with van der Waals surface area (Å²) in [7, 11) is 0. The van der Waals surface area contributed by atoms with E-state index in [9.17, 15) is 4.79 Å². The van der Waals surface area contributed by atoms with Crippen molar-refractivity contribution < 1.29 is 4.79 Å². The molecule has 0 atom stereocenters. The summed E-state index contributed by atoms with van der Waals surface area (Å²) in [6.45, 7) is 1.85. The van der Waals surface area contributed by atoms with Gasteiger partial charge in [0.2, 0.25) is 5.95 Å². The minimum atomic E-state index is -0.310. The Hall–Kier alpha value is -1.85. The van der Waals surface area contributed by atoms with Gasteiger partial charge in [-0.25, -0.2) is 9.97 Å². The molecule has 1 heterocycles. The molecule has 3 rings (SSSR count). The number of anilines is 2. The maximum absolute atomic E-state index is 12.5. The van der Waals surface area contributed by atoms with E-state index in [1.807, 2.05) is 6.92 Å². The fourth-order valence-corrected chi connectivity index (χ4v) is 3.25. The van der Waals surface area contributed by atoms with E-state index in [1.54, 1.807) is 24.3 Å². The Labute approximate surface area is 157 Å². The van der Waals surface area contributed by atoms with Crippen LogP contribution in [-0.2, 0) is 0 Å². The van der Waals surface area contributed by atoms with E-state index < -0.39 is 0 Å². The molecule has 1 fully saturated rings. The normalized spacial score (nSPS) is 15.0. The summed E-state index contributed by atoms with van der Waals surface area (Å²) in [4.78, 5) is 21.3. The Kier molecular flexibility index (Phi) is 5.76. The molecule has 1 amide bonds. The van der Waals surface area contributed by atoms with Gasteiger partial charge in [0, 0.05) is 17.4 Å². The zero-order valence-corrected chi connectivity index (χ0v) is 15.5. The third-order valence-electron chi connectivity index (χ3n) is 4.20. The van der Waals surface area contributed by atoms with Crippen LogP contribution in [0.3, 0.4) is 0 Å². The molecule has 0 bridgehead atoms. The molecule has 1 aromatic heterocycles. The SMILES string of the molecule is Cc1cc(C(=O)Nc2ccc(Cl)c(Cl)c2)nc(NC2CCCCC2)n1. The van der Waals surface area contributed by atoms with E-state index in [1.165, 1.54) is 19.3 Å². The maximum Gasteiger partial charge on any atom is 0.274 e. The van der Waals surface area contributed by atoms with Crippen LogP contribution in [0.2, 0.25) is 10.0 Å². The van der Waals surface area contributed by atoms with E-state index >= 15 is 0 Å². The summed E-state index contributed by atoms with van der Waals surface area (Å²) in [6.07, 6.45) is 5.94. The monoisotopic (exact) mass is 378 g/mol. The van der Waals surface area contributed by atoms with Crippen LogP contribution in [0, 0.1) is 6.92 Å². The number of aryl methyl sites for hydroxylation is 1. The zero-order chi connectivity index (χ0) is 17.8. The van der Waals surface area contributed by atoms with Crippen molar-refractivity contribution in [2.24, 2.45) is 0 Å². The lowest BCUT2D eigenvalue weighted by atomic mass is 9.96. The third kappa shape index (κ3) is 4.83. The van der Waals surface area contributed by atoms with Gasteiger partial charge in [-0.15, -0.1) is 0 Å². The first kappa shape index (κ1) is 18.0. The number of benzene rings is 1. The van der Waals surface area contributed by atoms with Crippen molar-refractivity contribution in [3.63, 3.8) is 0 Å². The van der Waals surface area contributed by atoms with Gasteiger partial charge >= 0.3 is 0 Å². The Morgan fingerprint density at radius 3 is 2.56 bits per heavy atom. The summed E-state index contributed by atoms with van der Waals surface area (Å²) in [5, 5.41) is 6.97. The molecule has 1 aliphatic carbocycles. The second-order valence-corrected chi connectivity index (χ2v) is 7.09. The summed E-state index contributed by atoms with van der Waals surface area (Å²) in [6, 6.07) is 6.99. The highest BCUT2D eigenvalue weighted by atomic mass is 35.5. The molecule has 1 aromatic carbocycles. The number of hydrogen-bond donors (Lipinski definition) is 2. The summed E-state index contributed by atoms with van der Waals surface area (Å²) in [5.41, 5.74) is 1.63. The van der Waals surface area contributed by atoms with Crippen LogP contribution < -0.4 is 10.6 Å². The van der Waals surface area contributed by atoms with Crippen molar-refractivity contribution >= 4 is 40.7 Å². The lowest BCUT2D eigenvalue weighted by molar-refractivity contribution is 0.102. The van der Waals surface area contributed by atoms with Gasteiger partial charge in [-0.1, -0.05) is 42.5 Å².